The number of rotatable bonds is 5. The SMILES string of the molecule is CCCNC(=S)Nc1nc(OC)cc(N2CCCCCC2)n1. The number of thiocarbonyl (C=S) groups is 1. The highest BCUT2D eigenvalue weighted by Gasteiger charge is 2.14. The molecule has 0 saturated carbocycles. The fourth-order valence-electron chi connectivity index (χ4n) is 2.42. The Morgan fingerprint density at radius 2 is 2.00 bits per heavy atom. The topological polar surface area (TPSA) is 62.3 Å². The zero-order valence-corrected chi connectivity index (χ0v) is 14.2. The van der Waals surface area contributed by atoms with Crippen molar-refractivity contribution in [2.45, 2.75) is 39.0 Å². The van der Waals surface area contributed by atoms with Crippen LogP contribution in [0.2, 0.25) is 0 Å². The van der Waals surface area contributed by atoms with Gasteiger partial charge in [0.1, 0.15) is 5.82 Å². The van der Waals surface area contributed by atoms with Gasteiger partial charge in [-0.05, 0) is 31.5 Å². The number of hydrogen-bond donors (Lipinski definition) is 2. The summed E-state index contributed by atoms with van der Waals surface area (Å²) in [6.07, 6.45) is 5.99. The van der Waals surface area contributed by atoms with E-state index in [-0.39, 0.29) is 0 Å². The Labute approximate surface area is 137 Å². The fourth-order valence-corrected chi connectivity index (χ4v) is 2.61. The lowest BCUT2D eigenvalue weighted by Crippen LogP contribution is -2.30. The van der Waals surface area contributed by atoms with Gasteiger partial charge in [-0.15, -0.1) is 0 Å². The zero-order valence-electron chi connectivity index (χ0n) is 13.4. The molecule has 7 heteroatoms. The van der Waals surface area contributed by atoms with Crippen molar-refractivity contribution in [1.82, 2.24) is 15.3 Å². The molecule has 22 heavy (non-hydrogen) atoms. The second kappa shape index (κ2) is 8.73. The zero-order chi connectivity index (χ0) is 15.8. The van der Waals surface area contributed by atoms with Crippen LogP contribution in [0.15, 0.2) is 6.07 Å². The molecule has 0 atom stereocenters. The number of anilines is 2. The highest BCUT2D eigenvalue weighted by molar-refractivity contribution is 7.80. The highest BCUT2D eigenvalue weighted by atomic mass is 32.1. The Kier molecular flexibility index (Phi) is 6.64. The first-order valence-electron chi connectivity index (χ1n) is 7.95. The second-order valence-electron chi connectivity index (χ2n) is 5.37. The summed E-state index contributed by atoms with van der Waals surface area (Å²) in [6, 6.07) is 1.89. The van der Waals surface area contributed by atoms with Crippen LogP contribution in [0, 0.1) is 0 Å². The summed E-state index contributed by atoms with van der Waals surface area (Å²) in [5, 5.41) is 6.69. The Morgan fingerprint density at radius 3 is 2.64 bits per heavy atom. The largest absolute Gasteiger partial charge is 0.481 e. The molecule has 0 aliphatic carbocycles. The molecule has 2 N–H and O–H groups in total. The molecule has 2 rings (SSSR count). The van der Waals surface area contributed by atoms with E-state index >= 15 is 0 Å². The molecule has 1 aliphatic heterocycles. The first kappa shape index (κ1) is 16.7. The van der Waals surface area contributed by atoms with Crippen LogP contribution in [0.4, 0.5) is 11.8 Å². The van der Waals surface area contributed by atoms with Crippen molar-refractivity contribution in [2.75, 3.05) is 37.0 Å². The first-order valence-corrected chi connectivity index (χ1v) is 8.36. The van der Waals surface area contributed by atoms with Crippen LogP contribution in [-0.2, 0) is 0 Å². The normalized spacial score (nSPS) is 15.1. The van der Waals surface area contributed by atoms with E-state index in [1.54, 1.807) is 7.11 Å². The van der Waals surface area contributed by atoms with Gasteiger partial charge in [-0.25, -0.2) is 0 Å². The monoisotopic (exact) mass is 323 g/mol. The fraction of sp³-hybridized carbons (Fsp3) is 0.667. The van der Waals surface area contributed by atoms with Crippen LogP contribution < -0.4 is 20.3 Å². The summed E-state index contributed by atoms with van der Waals surface area (Å²) in [5.41, 5.74) is 0. The maximum absolute atomic E-state index is 5.30. The van der Waals surface area contributed by atoms with Gasteiger partial charge in [0.15, 0.2) is 5.11 Å². The number of hydrogen-bond acceptors (Lipinski definition) is 5. The molecule has 0 unspecified atom stereocenters. The lowest BCUT2D eigenvalue weighted by molar-refractivity contribution is 0.397. The predicted octanol–water partition coefficient (Wildman–Crippen LogP) is 2.56. The van der Waals surface area contributed by atoms with Crippen LogP contribution in [0.1, 0.15) is 39.0 Å². The number of ether oxygens (including phenoxy) is 1. The lowest BCUT2D eigenvalue weighted by Gasteiger charge is -2.22. The van der Waals surface area contributed by atoms with E-state index in [1.807, 2.05) is 6.07 Å². The average molecular weight is 323 g/mol. The summed E-state index contributed by atoms with van der Waals surface area (Å²) in [4.78, 5) is 11.2. The van der Waals surface area contributed by atoms with Gasteiger partial charge in [0.05, 0.1) is 7.11 Å². The molecule has 122 valence electrons. The predicted molar refractivity (Wildman–Crippen MR) is 93.8 cm³/mol. The molecule has 1 aliphatic rings. The van der Waals surface area contributed by atoms with E-state index in [4.69, 9.17) is 17.0 Å². The summed E-state index contributed by atoms with van der Waals surface area (Å²) < 4.78 is 5.30. The summed E-state index contributed by atoms with van der Waals surface area (Å²) in [7, 11) is 1.62. The Balaban J connectivity index is 2.12. The lowest BCUT2D eigenvalue weighted by atomic mass is 10.2. The summed E-state index contributed by atoms with van der Waals surface area (Å²) >= 11 is 5.25. The molecule has 1 fully saturated rings. The maximum Gasteiger partial charge on any atom is 0.234 e. The van der Waals surface area contributed by atoms with E-state index in [0.29, 0.717) is 16.9 Å². The van der Waals surface area contributed by atoms with Crippen LogP contribution in [0.3, 0.4) is 0 Å². The number of nitrogens with zero attached hydrogens (tertiary/aromatic N) is 3. The first-order chi connectivity index (χ1) is 10.7. The van der Waals surface area contributed by atoms with Gasteiger partial charge in [0.25, 0.3) is 0 Å². The van der Waals surface area contributed by atoms with Crippen LogP contribution in [-0.4, -0.2) is 41.8 Å². The summed E-state index contributed by atoms with van der Waals surface area (Å²) in [6.45, 7) is 4.97. The Hall–Kier alpha value is -1.63. The van der Waals surface area contributed by atoms with Crippen LogP contribution in [0.25, 0.3) is 0 Å². The minimum Gasteiger partial charge on any atom is -0.481 e. The number of aromatic nitrogens is 2. The van der Waals surface area contributed by atoms with E-state index in [1.165, 1.54) is 25.7 Å². The van der Waals surface area contributed by atoms with Gasteiger partial charge in [0.2, 0.25) is 11.8 Å². The highest BCUT2D eigenvalue weighted by Crippen LogP contribution is 2.22. The van der Waals surface area contributed by atoms with Gasteiger partial charge in [-0.2, -0.15) is 9.97 Å². The number of methoxy groups -OCH3 is 1. The Morgan fingerprint density at radius 1 is 1.27 bits per heavy atom. The second-order valence-corrected chi connectivity index (χ2v) is 5.78. The van der Waals surface area contributed by atoms with Gasteiger partial charge < -0.3 is 20.3 Å². The van der Waals surface area contributed by atoms with Gasteiger partial charge in [-0.1, -0.05) is 19.8 Å². The molecule has 1 saturated heterocycles. The van der Waals surface area contributed by atoms with E-state index in [9.17, 15) is 0 Å². The molecule has 0 spiro atoms. The molecular formula is C15H25N5OS. The van der Waals surface area contributed by atoms with Gasteiger partial charge >= 0.3 is 0 Å². The smallest absolute Gasteiger partial charge is 0.234 e. The van der Waals surface area contributed by atoms with Crippen LogP contribution in [0.5, 0.6) is 5.88 Å². The molecule has 2 heterocycles. The third-order valence-electron chi connectivity index (χ3n) is 3.59. The summed E-state index contributed by atoms with van der Waals surface area (Å²) in [5.74, 6) is 1.93. The number of nitrogens with one attached hydrogen (secondary N) is 2. The molecule has 1 aromatic heterocycles. The van der Waals surface area contributed by atoms with Crippen LogP contribution >= 0.6 is 12.2 Å². The average Bonchev–Trinajstić information content (AvgIpc) is 2.81. The van der Waals surface area contributed by atoms with Gasteiger partial charge in [0, 0.05) is 25.7 Å². The third kappa shape index (κ3) is 4.98. The van der Waals surface area contributed by atoms with Crippen molar-refractivity contribution in [3.05, 3.63) is 6.07 Å². The molecule has 0 aromatic carbocycles. The van der Waals surface area contributed by atoms with E-state index < -0.39 is 0 Å². The minimum absolute atomic E-state index is 0.479. The molecular weight excluding hydrogens is 298 g/mol. The molecule has 0 amide bonds. The third-order valence-corrected chi connectivity index (χ3v) is 3.84. The van der Waals surface area contributed by atoms with E-state index in [0.717, 1.165) is 31.9 Å². The molecule has 0 bridgehead atoms. The van der Waals surface area contributed by atoms with Gasteiger partial charge in [-0.3, -0.25) is 0 Å². The molecule has 0 radical (unpaired) electrons. The standard InChI is InChI=1S/C15H25N5OS/c1-3-8-16-15(22)19-14-17-12(11-13(18-14)21-2)20-9-6-4-5-7-10-20/h11H,3-10H2,1-2H3,(H2,16,17,18,19,22). The van der Waals surface area contributed by atoms with Crippen molar-refractivity contribution in [1.29, 1.82) is 0 Å². The minimum atomic E-state index is 0.479. The Bertz CT molecular complexity index is 489. The van der Waals surface area contributed by atoms with Crippen molar-refractivity contribution in [2.24, 2.45) is 0 Å². The van der Waals surface area contributed by atoms with Crippen molar-refractivity contribution in [3.63, 3.8) is 0 Å². The quantitative estimate of drug-likeness (QED) is 0.807. The molecule has 1 aromatic rings. The van der Waals surface area contributed by atoms with E-state index in [2.05, 4.69) is 32.4 Å². The maximum atomic E-state index is 5.30. The van der Waals surface area contributed by atoms with Crippen molar-refractivity contribution in [3.8, 4) is 5.88 Å². The van der Waals surface area contributed by atoms with Crippen molar-refractivity contribution < 1.29 is 4.74 Å². The van der Waals surface area contributed by atoms with Crippen molar-refractivity contribution >= 4 is 29.1 Å². The molecule has 6 nitrogen and oxygen atoms in total.